The van der Waals surface area contributed by atoms with Crippen LogP contribution in [0.15, 0.2) is 48.5 Å². The summed E-state index contributed by atoms with van der Waals surface area (Å²) in [5.74, 6) is 0.209. The van der Waals surface area contributed by atoms with Crippen LogP contribution in [0.1, 0.15) is 29.6 Å². The zero-order valence-corrected chi connectivity index (χ0v) is 16.4. The van der Waals surface area contributed by atoms with Crippen molar-refractivity contribution in [3.8, 4) is 0 Å². The Balaban J connectivity index is 0.00000261. The number of para-hydroxylation sites is 1. The molecule has 1 fully saturated rings. The van der Waals surface area contributed by atoms with Crippen molar-refractivity contribution in [1.29, 1.82) is 0 Å². The zero-order chi connectivity index (χ0) is 18.4. The van der Waals surface area contributed by atoms with Gasteiger partial charge in [0.2, 0.25) is 5.91 Å². The highest BCUT2D eigenvalue weighted by Crippen LogP contribution is 2.23. The minimum Gasteiger partial charge on any atom is -0.326 e. The number of carbonyl (C=O) groups excluding carboxylic acids is 2. The molecule has 3 N–H and O–H groups in total. The molecule has 1 saturated heterocycles. The minimum absolute atomic E-state index is 0. The molecule has 0 aromatic heterocycles. The Bertz CT molecular complexity index is 778. The van der Waals surface area contributed by atoms with Gasteiger partial charge in [-0.25, -0.2) is 0 Å². The first kappa shape index (κ1) is 21.2. The molecule has 27 heavy (non-hydrogen) atoms. The molecule has 5 nitrogen and oxygen atoms in total. The zero-order valence-electron chi connectivity index (χ0n) is 14.8. The van der Waals surface area contributed by atoms with E-state index in [9.17, 15) is 9.59 Å². The lowest BCUT2D eigenvalue weighted by atomic mass is 10.0. The number of nitrogens with one attached hydrogen (secondary N) is 3. The number of rotatable bonds is 6. The lowest BCUT2D eigenvalue weighted by Crippen LogP contribution is -2.16. The van der Waals surface area contributed by atoms with Gasteiger partial charge in [0.1, 0.15) is 0 Å². The fourth-order valence-electron chi connectivity index (χ4n) is 3.02. The summed E-state index contributed by atoms with van der Waals surface area (Å²) in [7, 11) is 0. The number of halogens is 2. The number of carbonyl (C=O) groups is 2. The molecular weight excluding hydrogens is 385 g/mol. The van der Waals surface area contributed by atoms with E-state index in [2.05, 4.69) is 16.0 Å². The van der Waals surface area contributed by atoms with E-state index < -0.39 is 0 Å². The summed E-state index contributed by atoms with van der Waals surface area (Å²) in [6.45, 7) is 2.02. The molecule has 0 saturated carbocycles. The molecule has 1 aliphatic rings. The van der Waals surface area contributed by atoms with Crippen LogP contribution in [-0.4, -0.2) is 24.9 Å². The third-order valence-corrected chi connectivity index (χ3v) is 4.80. The Morgan fingerprint density at radius 1 is 1.07 bits per heavy atom. The summed E-state index contributed by atoms with van der Waals surface area (Å²) in [6.07, 6.45) is 2.46. The normalized spacial score (nSPS) is 15.7. The predicted molar refractivity (Wildman–Crippen MR) is 112 cm³/mol. The fraction of sp³-hybridized carbons (Fsp3) is 0.300. The third kappa shape index (κ3) is 6.24. The van der Waals surface area contributed by atoms with Crippen molar-refractivity contribution in [1.82, 2.24) is 5.32 Å². The van der Waals surface area contributed by atoms with Gasteiger partial charge in [0.05, 0.1) is 10.6 Å². The molecule has 1 heterocycles. The second-order valence-electron chi connectivity index (χ2n) is 6.46. The Morgan fingerprint density at radius 2 is 1.85 bits per heavy atom. The van der Waals surface area contributed by atoms with E-state index in [1.54, 1.807) is 30.3 Å². The van der Waals surface area contributed by atoms with Crippen LogP contribution in [0.2, 0.25) is 5.02 Å². The molecule has 1 aliphatic heterocycles. The molecule has 1 atom stereocenters. The maximum absolute atomic E-state index is 12.5. The van der Waals surface area contributed by atoms with Crippen LogP contribution >= 0.6 is 24.0 Å². The first-order chi connectivity index (χ1) is 12.6. The van der Waals surface area contributed by atoms with E-state index in [0.29, 0.717) is 34.3 Å². The van der Waals surface area contributed by atoms with Crippen LogP contribution in [0.3, 0.4) is 0 Å². The number of hydrogen-bond donors (Lipinski definition) is 3. The number of hydrogen-bond acceptors (Lipinski definition) is 3. The SMILES string of the molecule is Cl.O=C(CCC1CCNC1)Nc1ccc(Cl)c(C(=O)Nc2ccccc2)c1. The van der Waals surface area contributed by atoms with Crippen molar-refractivity contribution in [2.75, 3.05) is 23.7 Å². The highest BCUT2D eigenvalue weighted by Gasteiger charge is 2.16. The van der Waals surface area contributed by atoms with E-state index in [1.165, 1.54) is 0 Å². The Hall–Kier alpha value is -2.08. The van der Waals surface area contributed by atoms with Gasteiger partial charge >= 0.3 is 0 Å². The van der Waals surface area contributed by atoms with Crippen LogP contribution in [0.4, 0.5) is 11.4 Å². The number of anilines is 2. The van der Waals surface area contributed by atoms with Crippen molar-refractivity contribution in [2.24, 2.45) is 5.92 Å². The van der Waals surface area contributed by atoms with Gasteiger partial charge in [-0.1, -0.05) is 29.8 Å². The third-order valence-electron chi connectivity index (χ3n) is 4.47. The molecular formula is C20H23Cl2N3O2. The van der Waals surface area contributed by atoms with Crippen LogP contribution in [0.25, 0.3) is 0 Å². The van der Waals surface area contributed by atoms with Crippen LogP contribution in [0.5, 0.6) is 0 Å². The quantitative estimate of drug-likeness (QED) is 0.666. The van der Waals surface area contributed by atoms with Gasteiger partial charge in [-0.3, -0.25) is 9.59 Å². The largest absolute Gasteiger partial charge is 0.326 e. The van der Waals surface area contributed by atoms with E-state index in [0.717, 1.165) is 25.9 Å². The smallest absolute Gasteiger partial charge is 0.257 e. The van der Waals surface area contributed by atoms with Crippen molar-refractivity contribution >= 4 is 47.2 Å². The van der Waals surface area contributed by atoms with Crippen LogP contribution < -0.4 is 16.0 Å². The highest BCUT2D eigenvalue weighted by atomic mass is 35.5. The summed E-state index contributed by atoms with van der Waals surface area (Å²) >= 11 is 6.16. The molecule has 7 heteroatoms. The lowest BCUT2D eigenvalue weighted by molar-refractivity contribution is -0.116. The average Bonchev–Trinajstić information content (AvgIpc) is 3.16. The summed E-state index contributed by atoms with van der Waals surface area (Å²) in [4.78, 5) is 24.6. The summed E-state index contributed by atoms with van der Waals surface area (Å²) in [5, 5.41) is 9.30. The first-order valence-electron chi connectivity index (χ1n) is 8.78. The van der Waals surface area contributed by atoms with Crippen molar-refractivity contribution in [2.45, 2.75) is 19.3 Å². The van der Waals surface area contributed by atoms with Gasteiger partial charge in [0, 0.05) is 17.8 Å². The topological polar surface area (TPSA) is 70.2 Å². The van der Waals surface area contributed by atoms with Crippen molar-refractivity contribution in [3.63, 3.8) is 0 Å². The van der Waals surface area contributed by atoms with Gasteiger partial charge in [-0.15, -0.1) is 12.4 Å². The summed E-state index contributed by atoms with van der Waals surface area (Å²) < 4.78 is 0. The molecule has 2 amide bonds. The summed E-state index contributed by atoms with van der Waals surface area (Å²) in [6, 6.07) is 14.1. The minimum atomic E-state index is -0.311. The molecule has 0 bridgehead atoms. The van der Waals surface area contributed by atoms with E-state index in [4.69, 9.17) is 11.6 Å². The second kappa shape index (κ2) is 10.3. The maximum Gasteiger partial charge on any atom is 0.257 e. The summed E-state index contributed by atoms with van der Waals surface area (Å²) in [5.41, 5.74) is 1.59. The van der Waals surface area contributed by atoms with Crippen molar-refractivity contribution in [3.05, 3.63) is 59.1 Å². The molecule has 0 radical (unpaired) electrons. The lowest BCUT2D eigenvalue weighted by Gasteiger charge is -2.11. The molecule has 0 aliphatic carbocycles. The second-order valence-corrected chi connectivity index (χ2v) is 6.87. The number of benzene rings is 2. The monoisotopic (exact) mass is 407 g/mol. The molecule has 2 aromatic carbocycles. The van der Waals surface area contributed by atoms with Gasteiger partial charge < -0.3 is 16.0 Å². The van der Waals surface area contributed by atoms with Gasteiger partial charge in [0.25, 0.3) is 5.91 Å². The fourth-order valence-corrected chi connectivity index (χ4v) is 3.22. The Morgan fingerprint density at radius 3 is 2.56 bits per heavy atom. The van der Waals surface area contributed by atoms with E-state index in [1.807, 2.05) is 18.2 Å². The van der Waals surface area contributed by atoms with Gasteiger partial charge in [0.15, 0.2) is 0 Å². The average molecular weight is 408 g/mol. The predicted octanol–water partition coefficient (Wildman–Crippen LogP) is 4.34. The van der Waals surface area contributed by atoms with Crippen molar-refractivity contribution < 1.29 is 9.59 Å². The van der Waals surface area contributed by atoms with Gasteiger partial charge in [-0.05, 0) is 62.2 Å². The molecule has 2 aromatic rings. The van der Waals surface area contributed by atoms with E-state index in [-0.39, 0.29) is 24.2 Å². The Labute approximate surface area is 170 Å². The van der Waals surface area contributed by atoms with Crippen LogP contribution in [-0.2, 0) is 4.79 Å². The molecule has 1 unspecified atom stereocenters. The molecule has 144 valence electrons. The first-order valence-corrected chi connectivity index (χ1v) is 9.16. The van der Waals surface area contributed by atoms with E-state index >= 15 is 0 Å². The maximum atomic E-state index is 12.5. The highest BCUT2D eigenvalue weighted by molar-refractivity contribution is 6.34. The van der Waals surface area contributed by atoms with Gasteiger partial charge in [-0.2, -0.15) is 0 Å². The molecule has 3 rings (SSSR count). The Kier molecular flexibility index (Phi) is 8.10. The molecule has 0 spiro atoms. The number of amides is 2. The van der Waals surface area contributed by atoms with Crippen LogP contribution in [0, 0.1) is 5.92 Å². The standard InChI is InChI=1S/C20H22ClN3O2.ClH/c21-18-8-7-16(23-19(25)9-6-14-10-11-22-13-14)12-17(18)20(26)24-15-4-2-1-3-5-15;/h1-5,7-8,12,14,22H,6,9-11,13H2,(H,23,25)(H,24,26);1H.